The van der Waals surface area contributed by atoms with Gasteiger partial charge in [0.05, 0.1) is 13.2 Å². The van der Waals surface area contributed by atoms with Gasteiger partial charge in [-0.2, -0.15) is 0 Å². The molecule has 0 radical (unpaired) electrons. The lowest BCUT2D eigenvalue weighted by Gasteiger charge is -2.48. The highest BCUT2D eigenvalue weighted by atomic mass is 16.7. The number of hydrogen-bond donors (Lipinski definition) is 1. The van der Waals surface area contributed by atoms with E-state index in [0.717, 1.165) is 0 Å². The summed E-state index contributed by atoms with van der Waals surface area (Å²) in [6.07, 6.45) is 0.403. The Morgan fingerprint density at radius 3 is 2.52 bits per heavy atom. The second kappa shape index (κ2) is 4.95. The molecule has 1 N–H and O–H groups in total. The normalized spacial score (nSPS) is 35.6. The summed E-state index contributed by atoms with van der Waals surface area (Å²) < 4.78 is 16.0. The molecule has 1 aliphatic carbocycles. The third-order valence-corrected chi connectivity index (χ3v) is 4.61. The van der Waals surface area contributed by atoms with Gasteiger partial charge in [0.1, 0.15) is 5.41 Å². The number of ether oxygens (including phenoxy) is 3. The van der Waals surface area contributed by atoms with Crippen molar-refractivity contribution >= 4 is 11.9 Å². The van der Waals surface area contributed by atoms with Crippen LogP contribution in [0.2, 0.25) is 0 Å². The monoisotopic (exact) mass is 300 g/mol. The second-order valence-electron chi connectivity index (χ2n) is 7.16. The molecule has 6 nitrogen and oxygen atoms in total. The molecule has 0 amide bonds. The van der Waals surface area contributed by atoms with E-state index in [-0.39, 0.29) is 5.41 Å². The van der Waals surface area contributed by atoms with Crippen molar-refractivity contribution in [1.82, 2.24) is 0 Å². The summed E-state index contributed by atoms with van der Waals surface area (Å²) in [6, 6.07) is 0. The molecule has 1 aliphatic heterocycles. The zero-order valence-corrected chi connectivity index (χ0v) is 13.3. The van der Waals surface area contributed by atoms with Crippen LogP contribution in [0.5, 0.6) is 0 Å². The molecule has 120 valence electrons. The Morgan fingerprint density at radius 2 is 2.00 bits per heavy atom. The largest absolute Gasteiger partial charge is 0.467 e. The van der Waals surface area contributed by atoms with E-state index in [1.165, 1.54) is 14.0 Å². The summed E-state index contributed by atoms with van der Waals surface area (Å²) >= 11 is 0. The first-order valence-electron chi connectivity index (χ1n) is 7.24. The molecule has 4 atom stereocenters. The van der Waals surface area contributed by atoms with Crippen LogP contribution in [0.1, 0.15) is 47.0 Å². The fourth-order valence-electron chi connectivity index (χ4n) is 3.29. The first kappa shape index (κ1) is 16.2. The fraction of sp³-hybridized carbons (Fsp3) is 0.867. The van der Waals surface area contributed by atoms with E-state index in [1.807, 2.05) is 20.8 Å². The van der Waals surface area contributed by atoms with Gasteiger partial charge in [0.15, 0.2) is 5.60 Å². The molecule has 0 bridgehead atoms. The highest BCUT2D eigenvalue weighted by Gasteiger charge is 2.68. The van der Waals surface area contributed by atoms with Gasteiger partial charge in [0, 0.05) is 5.41 Å². The number of esters is 2. The van der Waals surface area contributed by atoms with Gasteiger partial charge in [-0.15, -0.1) is 0 Å². The molecule has 6 heteroatoms. The van der Waals surface area contributed by atoms with Gasteiger partial charge in [-0.1, -0.05) is 20.8 Å². The van der Waals surface area contributed by atoms with Crippen LogP contribution in [-0.2, 0) is 23.8 Å². The number of rotatable bonds is 2. The van der Waals surface area contributed by atoms with Crippen LogP contribution >= 0.6 is 0 Å². The van der Waals surface area contributed by atoms with Crippen molar-refractivity contribution in [2.75, 3.05) is 7.11 Å². The molecule has 0 spiro atoms. The third-order valence-electron chi connectivity index (χ3n) is 4.61. The topological polar surface area (TPSA) is 82.1 Å². The van der Waals surface area contributed by atoms with E-state index < -0.39 is 35.3 Å². The second-order valence-corrected chi connectivity index (χ2v) is 7.16. The standard InChI is InChI=1S/C15H24O6/c1-13(2,3)12-20-9-7-6-8-15(9,11(17)21-12)14(4,18)10(16)19-5/h9,12,18H,6-8H2,1-5H3. The van der Waals surface area contributed by atoms with Crippen LogP contribution < -0.4 is 0 Å². The molecule has 0 aromatic carbocycles. The third kappa shape index (κ3) is 2.25. The zero-order valence-electron chi connectivity index (χ0n) is 13.3. The molecule has 2 aliphatic rings. The summed E-state index contributed by atoms with van der Waals surface area (Å²) in [7, 11) is 1.18. The first-order chi connectivity index (χ1) is 9.57. The van der Waals surface area contributed by atoms with Crippen LogP contribution in [0.3, 0.4) is 0 Å². The van der Waals surface area contributed by atoms with Gasteiger partial charge in [-0.05, 0) is 26.2 Å². The summed E-state index contributed by atoms with van der Waals surface area (Å²) in [5.74, 6) is -1.42. The molecule has 1 saturated heterocycles. The number of cyclic esters (lactones) is 1. The van der Waals surface area contributed by atoms with Crippen molar-refractivity contribution in [3.8, 4) is 0 Å². The summed E-state index contributed by atoms with van der Waals surface area (Å²) in [6.45, 7) is 7.03. The smallest absolute Gasteiger partial charge is 0.338 e. The SMILES string of the molecule is COC(=O)C(C)(O)C12CCCC1OC(C(C)(C)C)OC2=O. The van der Waals surface area contributed by atoms with Gasteiger partial charge < -0.3 is 19.3 Å². The molecular weight excluding hydrogens is 276 g/mol. The highest BCUT2D eigenvalue weighted by Crippen LogP contribution is 2.53. The predicted octanol–water partition coefficient (Wildman–Crippen LogP) is 1.39. The van der Waals surface area contributed by atoms with Crippen LogP contribution in [0.25, 0.3) is 0 Å². The van der Waals surface area contributed by atoms with Gasteiger partial charge in [0.2, 0.25) is 6.29 Å². The Labute approximate surface area is 124 Å². The first-order valence-corrected chi connectivity index (χ1v) is 7.24. The minimum Gasteiger partial charge on any atom is -0.467 e. The highest BCUT2D eigenvalue weighted by molar-refractivity contribution is 5.91. The molecule has 2 fully saturated rings. The maximum Gasteiger partial charge on any atom is 0.338 e. The summed E-state index contributed by atoms with van der Waals surface area (Å²) in [4.78, 5) is 24.6. The van der Waals surface area contributed by atoms with E-state index in [2.05, 4.69) is 4.74 Å². The average Bonchev–Trinajstić information content (AvgIpc) is 2.82. The Bertz CT molecular complexity index is 450. The van der Waals surface area contributed by atoms with Gasteiger partial charge >= 0.3 is 11.9 Å². The molecule has 21 heavy (non-hydrogen) atoms. The van der Waals surface area contributed by atoms with Crippen LogP contribution in [0.15, 0.2) is 0 Å². The number of fused-ring (bicyclic) bond motifs is 1. The van der Waals surface area contributed by atoms with Crippen molar-refractivity contribution in [3.63, 3.8) is 0 Å². The summed E-state index contributed by atoms with van der Waals surface area (Å²) in [5, 5.41) is 10.7. The molecule has 0 aromatic heterocycles. The minimum atomic E-state index is -1.97. The lowest BCUT2D eigenvalue weighted by molar-refractivity contribution is -0.290. The Morgan fingerprint density at radius 1 is 1.38 bits per heavy atom. The quantitative estimate of drug-likeness (QED) is 0.776. The molecule has 1 heterocycles. The Balaban J connectivity index is 2.40. The maximum atomic E-state index is 12.7. The van der Waals surface area contributed by atoms with Crippen molar-refractivity contribution in [3.05, 3.63) is 0 Å². The summed E-state index contributed by atoms with van der Waals surface area (Å²) in [5.41, 5.74) is -3.73. The van der Waals surface area contributed by atoms with E-state index in [0.29, 0.717) is 19.3 Å². The average molecular weight is 300 g/mol. The van der Waals surface area contributed by atoms with Gasteiger partial charge in [-0.25, -0.2) is 4.79 Å². The van der Waals surface area contributed by atoms with E-state index in [9.17, 15) is 14.7 Å². The van der Waals surface area contributed by atoms with E-state index >= 15 is 0 Å². The zero-order chi connectivity index (χ0) is 16.1. The number of hydrogen-bond acceptors (Lipinski definition) is 6. The fourth-order valence-corrected chi connectivity index (χ4v) is 3.29. The number of methoxy groups -OCH3 is 1. The van der Waals surface area contributed by atoms with Crippen LogP contribution in [-0.4, -0.2) is 42.1 Å². The molecule has 1 saturated carbocycles. The Kier molecular flexibility index (Phi) is 3.83. The number of carbonyl (C=O) groups excluding carboxylic acids is 2. The molecule has 2 rings (SSSR count). The molecule has 0 aromatic rings. The minimum absolute atomic E-state index is 0.343. The van der Waals surface area contributed by atoms with Gasteiger partial charge in [-0.3, -0.25) is 4.79 Å². The lowest BCUT2D eigenvalue weighted by atomic mass is 9.68. The van der Waals surface area contributed by atoms with Crippen molar-refractivity contribution in [1.29, 1.82) is 0 Å². The van der Waals surface area contributed by atoms with E-state index in [1.54, 1.807) is 0 Å². The van der Waals surface area contributed by atoms with Crippen LogP contribution in [0, 0.1) is 10.8 Å². The van der Waals surface area contributed by atoms with E-state index in [4.69, 9.17) is 9.47 Å². The van der Waals surface area contributed by atoms with Crippen molar-refractivity contribution in [2.45, 2.75) is 65.0 Å². The van der Waals surface area contributed by atoms with Gasteiger partial charge in [0.25, 0.3) is 0 Å². The number of aliphatic hydroxyl groups is 1. The van der Waals surface area contributed by atoms with Crippen LogP contribution in [0.4, 0.5) is 0 Å². The Hall–Kier alpha value is -1.14. The maximum absolute atomic E-state index is 12.7. The predicted molar refractivity (Wildman–Crippen MR) is 73.1 cm³/mol. The van der Waals surface area contributed by atoms with Crippen molar-refractivity contribution in [2.24, 2.45) is 10.8 Å². The molecular formula is C15H24O6. The number of carbonyl (C=O) groups is 2. The molecule has 4 unspecified atom stereocenters. The lowest BCUT2D eigenvalue weighted by Crippen LogP contribution is -2.65. The van der Waals surface area contributed by atoms with Crippen molar-refractivity contribution < 1.29 is 28.9 Å².